The topological polar surface area (TPSA) is 78.7 Å². The molecule has 0 aromatic carbocycles. The summed E-state index contributed by atoms with van der Waals surface area (Å²) in [5.41, 5.74) is 0.401. The highest BCUT2D eigenvalue weighted by atomic mass is 32.1. The fourth-order valence-corrected chi connectivity index (χ4v) is 2.66. The molecule has 2 aromatic rings. The number of nitrogens with zero attached hydrogens (tertiary/aromatic N) is 3. The number of imidazole rings is 1. The van der Waals surface area contributed by atoms with Crippen LogP contribution in [-0.2, 0) is 0 Å². The van der Waals surface area contributed by atoms with Crippen molar-refractivity contribution < 1.29 is 9.59 Å². The number of urea groups is 1. The molecule has 7 nitrogen and oxygen atoms in total. The Labute approximate surface area is 113 Å². The van der Waals surface area contributed by atoms with E-state index in [9.17, 15) is 9.59 Å². The number of hydrogen-bond acceptors (Lipinski definition) is 4. The van der Waals surface area contributed by atoms with Crippen molar-refractivity contribution in [1.82, 2.24) is 24.9 Å². The highest BCUT2D eigenvalue weighted by Crippen LogP contribution is 2.11. The molecule has 1 aliphatic rings. The van der Waals surface area contributed by atoms with E-state index in [-0.39, 0.29) is 11.9 Å². The third-order valence-corrected chi connectivity index (χ3v) is 3.71. The molecule has 3 amide bonds. The van der Waals surface area contributed by atoms with Crippen LogP contribution in [0, 0.1) is 0 Å². The third-order valence-electron chi connectivity index (χ3n) is 2.94. The molecule has 8 heteroatoms. The van der Waals surface area contributed by atoms with Crippen LogP contribution in [-0.4, -0.2) is 52.4 Å². The van der Waals surface area contributed by atoms with Crippen molar-refractivity contribution in [3.63, 3.8) is 0 Å². The zero-order chi connectivity index (χ0) is 13.2. The standard InChI is InChI=1S/C11H13N5O2S/c17-9(8-7-16-5-6-19-11(16)14-8)12-1-3-15-4-2-13-10(15)18/h5-7H,1-4H2,(H,12,17)(H,13,18). The molecule has 3 heterocycles. The molecule has 2 aromatic heterocycles. The quantitative estimate of drug-likeness (QED) is 0.836. The molecule has 0 radical (unpaired) electrons. The second-order valence-electron chi connectivity index (χ2n) is 4.19. The van der Waals surface area contributed by atoms with Crippen LogP contribution in [0.4, 0.5) is 4.79 Å². The van der Waals surface area contributed by atoms with Gasteiger partial charge in [-0.05, 0) is 0 Å². The second-order valence-corrected chi connectivity index (χ2v) is 5.07. The lowest BCUT2D eigenvalue weighted by Gasteiger charge is -2.13. The van der Waals surface area contributed by atoms with Gasteiger partial charge in [-0.3, -0.25) is 9.20 Å². The lowest BCUT2D eigenvalue weighted by molar-refractivity contribution is 0.0946. The van der Waals surface area contributed by atoms with Crippen molar-refractivity contribution in [1.29, 1.82) is 0 Å². The Morgan fingerprint density at radius 1 is 1.58 bits per heavy atom. The first-order chi connectivity index (χ1) is 9.24. The Kier molecular flexibility index (Phi) is 3.08. The number of thiazole rings is 1. The van der Waals surface area contributed by atoms with Crippen LogP contribution in [0.15, 0.2) is 17.8 Å². The summed E-state index contributed by atoms with van der Waals surface area (Å²) in [6.07, 6.45) is 3.56. The van der Waals surface area contributed by atoms with Gasteiger partial charge in [-0.2, -0.15) is 0 Å². The van der Waals surface area contributed by atoms with Crippen LogP contribution in [0.25, 0.3) is 4.96 Å². The van der Waals surface area contributed by atoms with Crippen LogP contribution < -0.4 is 10.6 Å². The minimum atomic E-state index is -0.212. The van der Waals surface area contributed by atoms with E-state index in [0.717, 1.165) is 4.96 Å². The number of hydrogen-bond donors (Lipinski definition) is 2. The molecule has 0 unspecified atom stereocenters. The summed E-state index contributed by atoms with van der Waals surface area (Å²) >= 11 is 1.48. The molecular weight excluding hydrogens is 266 g/mol. The van der Waals surface area contributed by atoms with Crippen molar-refractivity contribution in [3.05, 3.63) is 23.5 Å². The predicted octanol–water partition coefficient (Wildman–Crippen LogP) is 0.151. The molecule has 3 rings (SSSR count). The Hall–Kier alpha value is -2.09. The van der Waals surface area contributed by atoms with E-state index in [0.29, 0.717) is 31.9 Å². The monoisotopic (exact) mass is 279 g/mol. The largest absolute Gasteiger partial charge is 0.349 e. The van der Waals surface area contributed by atoms with Gasteiger partial charge in [0.15, 0.2) is 4.96 Å². The fourth-order valence-electron chi connectivity index (χ4n) is 1.96. The fraction of sp³-hybridized carbons (Fsp3) is 0.364. The number of carbonyl (C=O) groups is 2. The molecule has 2 N–H and O–H groups in total. The molecule has 0 saturated carbocycles. The van der Waals surface area contributed by atoms with Gasteiger partial charge in [0.05, 0.1) is 0 Å². The van der Waals surface area contributed by atoms with Gasteiger partial charge in [-0.1, -0.05) is 0 Å². The van der Waals surface area contributed by atoms with Gasteiger partial charge in [0.25, 0.3) is 5.91 Å². The summed E-state index contributed by atoms with van der Waals surface area (Å²) < 4.78 is 1.81. The maximum atomic E-state index is 11.9. The summed E-state index contributed by atoms with van der Waals surface area (Å²) in [6.45, 7) is 2.30. The molecule has 0 bridgehead atoms. The maximum absolute atomic E-state index is 11.9. The lowest BCUT2D eigenvalue weighted by Crippen LogP contribution is -2.36. The van der Waals surface area contributed by atoms with Gasteiger partial charge >= 0.3 is 6.03 Å². The summed E-state index contributed by atoms with van der Waals surface area (Å²) in [5.74, 6) is -0.212. The van der Waals surface area contributed by atoms with E-state index in [1.54, 1.807) is 11.1 Å². The van der Waals surface area contributed by atoms with Gasteiger partial charge in [0, 0.05) is 44.0 Å². The van der Waals surface area contributed by atoms with Gasteiger partial charge in [-0.25, -0.2) is 9.78 Å². The molecule has 0 atom stereocenters. The molecular formula is C11H13N5O2S. The van der Waals surface area contributed by atoms with Gasteiger partial charge in [-0.15, -0.1) is 11.3 Å². The average Bonchev–Trinajstić information content (AvgIpc) is 3.04. The van der Waals surface area contributed by atoms with E-state index >= 15 is 0 Å². The SMILES string of the molecule is O=C(NCCN1CCNC1=O)c1cn2ccsc2n1. The lowest BCUT2D eigenvalue weighted by atomic mass is 10.4. The number of nitrogens with one attached hydrogen (secondary N) is 2. The average molecular weight is 279 g/mol. The number of fused-ring (bicyclic) bond motifs is 1. The minimum Gasteiger partial charge on any atom is -0.349 e. The maximum Gasteiger partial charge on any atom is 0.317 e. The number of rotatable bonds is 4. The van der Waals surface area contributed by atoms with E-state index in [2.05, 4.69) is 15.6 Å². The number of aromatic nitrogens is 2. The van der Waals surface area contributed by atoms with E-state index in [1.807, 2.05) is 16.0 Å². The van der Waals surface area contributed by atoms with E-state index in [4.69, 9.17) is 0 Å². The molecule has 1 aliphatic heterocycles. The normalized spacial score (nSPS) is 14.9. The Morgan fingerprint density at radius 2 is 2.47 bits per heavy atom. The summed E-state index contributed by atoms with van der Waals surface area (Å²) in [6, 6.07) is -0.0724. The van der Waals surface area contributed by atoms with Crippen LogP contribution in [0.1, 0.15) is 10.5 Å². The molecule has 1 fully saturated rings. The Balaban J connectivity index is 1.53. The Morgan fingerprint density at radius 3 is 3.21 bits per heavy atom. The highest BCUT2D eigenvalue weighted by Gasteiger charge is 2.19. The molecule has 19 heavy (non-hydrogen) atoms. The van der Waals surface area contributed by atoms with Crippen molar-refractivity contribution in [2.24, 2.45) is 0 Å². The zero-order valence-corrected chi connectivity index (χ0v) is 10.9. The van der Waals surface area contributed by atoms with Crippen molar-refractivity contribution in [3.8, 4) is 0 Å². The first-order valence-corrected chi connectivity index (χ1v) is 6.85. The summed E-state index contributed by atoms with van der Waals surface area (Å²) in [5, 5.41) is 7.39. The van der Waals surface area contributed by atoms with Crippen LogP contribution in [0.5, 0.6) is 0 Å². The van der Waals surface area contributed by atoms with Gasteiger partial charge < -0.3 is 15.5 Å². The number of amides is 3. The van der Waals surface area contributed by atoms with Crippen molar-refractivity contribution >= 4 is 28.2 Å². The van der Waals surface area contributed by atoms with Gasteiger partial charge in [0.1, 0.15) is 5.69 Å². The highest BCUT2D eigenvalue weighted by molar-refractivity contribution is 7.15. The van der Waals surface area contributed by atoms with Crippen molar-refractivity contribution in [2.45, 2.75) is 0 Å². The first-order valence-electron chi connectivity index (χ1n) is 5.97. The van der Waals surface area contributed by atoms with E-state index in [1.165, 1.54) is 11.3 Å². The van der Waals surface area contributed by atoms with E-state index < -0.39 is 0 Å². The number of carbonyl (C=O) groups excluding carboxylic acids is 2. The third kappa shape index (κ3) is 2.39. The smallest absolute Gasteiger partial charge is 0.317 e. The van der Waals surface area contributed by atoms with Gasteiger partial charge in [0.2, 0.25) is 0 Å². The molecule has 0 aliphatic carbocycles. The minimum absolute atomic E-state index is 0.0724. The second kappa shape index (κ2) is 4.88. The Bertz CT molecular complexity index is 591. The first kappa shape index (κ1) is 12.0. The van der Waals surface area contributed by atoms with Crippen molar-refractivity contribution in [2.75, 3.05) is 26.2 Å². The van der Waals surface area contributed by atoms with Crippen LogP contribution in [0.2, 0.25) is 0 Å². The van der Waals surface area contributed by atoms with Crippen LogP contribution >= 0.6 is 11.3 Å². The predicted molar refractivity (Wildman–Crippen MR) is 70.4 cm³/mol. The molecule has 100 valence electrons. The molecule has 0 spiro atoms. The zero-order valence-electron chi connectivity index (χ0n) is 10.1. The van der Waals surface area contributed by atoms with Crippen LogP contribution in [0.3, 0.4) is 0 Å². The molecule has 1 saturated heterocycles. The summed E-state index contributed by atoms with van der Waals surface area (Å²) in [7, 11) is 0. The summed E-state index contributed by atoms with van der Waals surface area (Å²) in [4.78, 5) is 29.8.